The number of aryl methyl sites for hydroxylation is 2. The van der Waals surface area contributed by atoms with E-state index in [2.05, 4.69) is 54.5 Å². The maximum atomic E-state index is 6.01. The van der Waals surface area contributed by atoms with Crippen LogP contribution in [0.1, 0.15) is 11.1 Å². The predicted octanol–water partition coefficient (Wildman–Crippen LogP) is 4.28. The SMILES string of the molecule is Cc1cc2nnn(CCOc3cccc4ccccc34)c2cc1C. The minimum Gasteiger partial charge on any atom is -0.491 e. The molecule has 0 amide bonds. The number of hydrogen-bond donors (Lipinski definition) is 0. The molecular weight excluding hydrogens is 298 g/mol. The Balaban J connectivity index is 1.54. The van der Waals surface area contributed by atoms with Crippen LogP contribution in [0.15, 0.2) is 54.6 Å². The predicted molar refractivity (Wildman–Crippen MR) is 96.4 cm³/mol. The van der Waals surface area contributed by atoms with E-state index in [1.54, 1.807) is 0 Å². The van der Waals surface area contributed by atoms with Gasteiger partial charge in [-0.2, -0.15) is 0 Å². The zero-order valence-corrected chi connectivity index (χ0v) is 13.9. The van der Waals surface area contributed by atoms with Crippen LogP contribution in [-0.2, 0) is 6.54 Å². The van der Waals surface area contributed by atoms with Crippen LogP contribution in [-0.4, -0.2) is 21.6 Å². The number of nitrogens with zero attached hydrogens (tertiary/aromatic N) is 3. The van der Waals surface area contributed by atoms with Crippen LogP contribution < -0.4 is 4.74 Å². The van der Waals surface area contributed by atoms with Crippen LogP contribution in [0.25, 0.3) is 21.8 Å². The molecular formula is C20H19N3O. The van der Waals surface area contributed by atoms with Gasteiger partial charge in [0.1, 0.15) is 17.9 Å². The molecule has 4 aromatic rings. The first-order valence-corrected chi connectivity index (χ1v) is 8.13. The molecule has 0 spiro atoms. The lowest BCUT2D eigenvalue weighted by molar-refractivity contribution is 0.295. The highest BCUT2D eigenvalue weighted by molar-refractivity contribution is 5.88. The van der Waals surface area contributed by atoms with Gasteiger partial charge in [-0.05, 0) is 48.6 Å². The Bertz CT molecular complexity index is 1010. The molecule has 0 atom stereocenters. The van der Waals surface area contributed by atoms with E-state index in [-0.39, 0.29) is 0 Å². The summed E-state index contributed by atoms with van der Waals surface area (Å²) >= 11 is 0. The summed E-state index contributed by atoms with van der Waals surface area (Å²) in [5, 5.41) is 10.8. The normalized spacial score (nSPS) is 11.2. The van der Waals surface area contributed by atoms with E-state index in [0.29, 0.717) is 13.2 Å². The zero-order valence-electron chi connectivity index (χ0n) is 13.9. The molecule has 3 aromatic carbocycles. The van der Waals surface area contributed by atoms with E-state index in [1.165, 1.54) is 16.5 Å². The van der Waals surface area contributed by atoms with E-state index in [9.17, 15) is 0 Å². The minimum atomic E-state index is 0.555. The summed E-state index contributed by atoms with van der Waals surface area (Å²) in [6, 6.07) is 18.6. The molecule has 4 nitrogen and oxygen atoms in total. The molecule has 4 heteroatoms. The third-order valence-corrected chi connectivity index (χ3v) is 4.44. The summed E-state index contributed by atoms with van der Waals surface area (Å²) in [7, 11) is 0. The Labute approximate surface area is 140 Å². The minimum absolute atomic E-state index is 0.555. The van der Waals surface area contributed by atoms with E-state index in [1.807, 2.05) is 28.9 Å². The number of ether oxygens (including phenoxy) is 1. The van der Waals surface area contributed by atoms with Gasteiger partial charge in [0.05, 0.1) is 12.1 Å². The van der Waals surface area contributed by atoms with Gasteiger partial charge in [-0.25, -0.2) is 4.68 Å². The summed E-state index contributed by atoms with van der Waals surface area (Å²) in [4.78, 5) is 0. The Morgan fingerprint density at radius 2 is 1.75 bits per heavy atom. The van der Waals surface area contributed by atoms with Crippen LogP contribution in [0.2, 0.25) is 0 Å². The smallest absolute Gasteiger partial charge is 0.127 e. The van der Waals surface area contributed by atoms with Crippen LogP contribution in [0.5, 0.6) is 5.75 Å². The second-order valence-corrected chi connectivity index (χ2v) is 6.06. The fourth-order valence-electron chi connectivity index (χ4n) is 2.95. The summed E-state index contributed by atoms with van der Waals surface area (Å²) in [6.45, 7) is 5.43. The number of aromatic nitrogens is 3. The van der Waals surface area contributed by atoms with Gasteiger partial charge >= 0.3 is 0 Å². The monoisotopic (exact) mass is 317 g/mol. The first kappa shape index (κ1) is 14.7. The second kappa shape index (κ2) is 5.96. The van der Waals surface area contributed by atoms with Gasteiger partial charge in [0, 0.05) is 5.39 Å². The third kappa shape index (κ3) is 2.60. The van der Waals surface area contributed by atoms with Gasteiger partial charge in [-0.1, -0.05) is 41.6 Å². The Kier molecular flexibility index (Phi) is 3.65. The molecule has 0 radical (unpaired) electrons. The topological polar surface area (TPSA) is 39.9 Å². The van der Waals surface area contributed by atoms with Crippen molar-refractivity contribution < 1.29 is 4.74 Å². The molecule has 0 bridgehead atoms. The molecule has 0 saturated carbocycles. The molecule has 0 fully saturated rings. The van der Waals surface area contributed by atoms with Gasteiger partial charge in [-0.3, -0.25) is 0 Å². The summed E-state index contributed by atoms with van der Waals surface area (Å²) in [5.41, 5.74) is 4.48. The summed E-state index contributed by atoms with van der Waals surface area (Å²) < 4.78 is 7.92. The molecule has 0 saturated heterocycles. The van der Waals surface area contributed by atoms with Crippen LogP contribution in [0.4, 0.5) is 0 Å². The van der Waals surface area contributed by atoms with Crippen molar-refractivity contribution in [2.24, 2.45) is 0 Å². The average Bonchev–Trinajstić information content (AvgIpc) is 2.97. The Hall–Kier alpha value is -2.88. The molecule has 1 heterocycles. The highest BCUT2D eigenvalue weighted by Gasteiger charge is 2.07. The fourth-order valence-corrected chi connectivity index (χ4v) is 2.95. The van der Waals surface area contributed by atoms with Crippen molar-refractivity contribution in [2.75, 3.05) is 6.61 Å². The highest BCUT2D eigenvalue weighted by Crippen LogP contribution is 2.25. The van der Waals surface area contributed by atoms with Gasteiger partial charge in [0.25, 0.3) is 0 Å². The molecule has 0 aliphatic carbocycles. The molecule has 1 aromatic heterocycles. The van der Waals surface area contributed by atoms with E-state index < -0.39 is 0 Å². The second-order valence-electron chi connectivity index (χ2n) is 6.06. The van der Waals surface area contributed by atoms with Crippen molar-refractivity contribution in [2.45, 2.75) is 20.4 Å². The molecule has 0 N–H and O–H groups in total. The van der Waals surface area contributed by atoms with Gasteiger partial charge in [0.2, 0.25) is 0 Å². The number of hydrogen-bond acceptors (Lipinski definition) is 3. The molecule has 24 heavy (non-hydrogen) atoms. The van der Waals surface area contributed by atoms with Gasteiger partial charge in [0.15, 0.2) is 0 Å². The third-order valence-electron chi connectivity index (χ3n) is 4.44. The van der Waals surface area contributed by atoms with Crippen LogP contribution in [0.3, 0.4) is 0 Å². The Morgan fingerprint density at radius 1 is 0.958 bits per heavy atom. The van der Waals surface area contributed by atoms with E-state index in [0.717, 1.165) is 22.2 Å². The quantitative estimate of drug-likeness (QED) is 0.564. The lowest BCUT2D eigenvalue weighted by atomic mass is 10.1. The molecule has 0 unspecified atom stereocenters. The maximum absolute atomic E-state index is 6.01. The summed E-state index contributed by atoms with van der Waals surface area (Å²) in [6.07, 6.45) is 0. The van der Waals surface area contributed by atoms with Crippen molar-refractivity contribution in [3.8, 4) is 5.75 Å². The molecule has 4 rings (SSSR count). The fraction of sp³-hybridized carbons (Fsp3) is 0.200. The number of fused-ring (bicyclic) bond motifs is 2. The molecule has 0 aliphatic heterocycles. The lowest BCUT2D eigenvalue weighted by Crippen LogP contribution is -2.09. The van der Waals surface area contributed by atoms with Gasteiger partial charge < -0.3 is 4.74 Å². The standard InChI is InChI=1S/C20H19N3O/c1-14-12-18-19(13-15(14)2)23(22-21-18)10-11-24-20-9-5-7-16-6-3-4-8-17(16)20/h3-9,12-13H,10-11H2,1-2H3. The van der Waals surface area contributed by atoms with Crippen molar-refractivity contribution in [1.29, 1.82) is 0 Å². The summed E-state index contributed by atoms with van der Waals surface area (Å²) in [5.74, 6) is 0.907. The first-order valence-electron chi connectivity index (χ1n) is 8.13. The lowest BCUT2D eigenvalue weighted by Gasteiger charge is -2.10. The van der Waals surface area contributed by atoms with Crippen molar-refractivity contribution in [3.63, 3.8) is 0 Å². The maximum Gasteiger partial charge on any atom is 0.127 e. The van der Waals surface area contributed by atoms with Crippen molar-refractivity contribution >= 4 is 21.8 Å². The highest BCUT2D eigenvalue weighted by atomic mass is 16.5. The van der Waals surface area contributed by atoms with Gasteiger partial charge in [-0.15, -0.1) is 5.10 Å². The number of rotatable bonds is 4. The van der Waals surface area contributed by atoms with Crippen molar-refractivity contribution in [3.05, 3.63) is 65.7 Å². The average molecular weight is 317 g/mol. The Morgan fingerprint density at radius 3 is 2.67 bits per heavy atom. The first-order chi connectivity index (χ1) is 11.7. The van der Waals surface area contributed by atoms with Crippen molar-refractivity contribution in [1.82, 2.24) is 15.0 Å². The zero-order chi connectivity index (χ0) is 16.5. The van der Waals surface area contributed by atoms with Crippen LogP contribution in [0, 0.1) is 13.8 Å². The largest absolute Gasteiger partial charge is 0.491 e. The number of benzene rings is 3. The molecule has 120 valence electrons. The molecule has 0 aliphatic rings. The van der Waals surface area contributed by atoms with E-state index in [4.69, 9.17) is 4.74 Å². The van der Waals surface area contributed by atoms with E-state index >= 15 is 0 Å². The van der Waals surface area contributed by atoms with Crippen LogP contribution >= 0.6 is 0 Å².